The Labute approximate surface area is 64.4 Å². The van der Waals surface area contributed by atoms with Crippen LogP contribution in [-0.4, -0.2) is 10.9 Å². The molecule has 4 nitrogen and oxygen atoms in total. The molecule has 0 aliphatic rings. The summed E-state index contributed by atoms with van der Waals surface area (Å²) in [4.78, 5) is 14.2. The lowest BCUT2D eigenvalue weighted by molar-refractivity contribution is 0.0965. The Bertz CT molecular complexity index is 265. The predicted octanol–water partition coefficient (Wildman–Crippen LogP) is 0.897. The number of carbonyl (C=O) groups is 1. The van der Waals surface area contributed by atoms with E-state index in [0.717, 1.165) is 0 Å². The molecule has 0 aliphatic carbocycles. The minimum Gasteiger partial charge on any atom is -0.437 e. The Kier molecular flexibility index (Phi) is 1.94. The summed E-state index contributed by atoms with van der Waals surface area (Å²) in [6, 6.07) is 0. The monoisotopic (exact) mass is 154 g/mol. The van der Waals surface area contributed by atoms with Crippen molar-refractivity contribution in [1.29, 1.82) is 0 Å². The van der Waals surface area contributed by atoms with Crippen LogP contribution in [0.5, 0.6) is 0 Å². The summed E-state index contributed by atoms with van der Waals surface area (Å²) >= 11 is 0. The van der Waals surface area contributed by atoms with Crippen molar-refractivity contribution in [3.8, 4) is 0 Å². The Balaban J connectivity index is 2.90. The molecule has 1 aromatic heterocycles. The van der Waals surface area contributed by atoms with Gasteiger partial charge in [0.25, 0.3) is 5.89 Å². The maximum absolute atomic E-state index is 10.5. The van der Waals surface area contributed by atoms with Gasteiger partial charge in [0.2, 0.25) is 0 Å². The van der Waals surface area contributed by atoms with Gasteiger partial charge in [0, 0.05) is 5.92 Å². The van der Waals surface area contributed by atoms with Gasteiger partial charge in [-0.05, 0) is 0 Å². The first-order valence-electron chi connectivity index (χ1n) is 3.36. The van der Waals surface area contributed by atoms with Crippen LogP contribution in [0.25, 0.3) is 0 Å². The van der Waals surface area contributed by atoms with Crippen molar-refractivity contribution in [3.05, 3.63) is 17.8 Å². The Morgan fingerprint density at radius 3 is 2.64 bits per heavy atom. The highest BCUT2D eigenvalue weighted by molar-refractivity contribution is 5.87. The Hall–Kier alpha value is -1.32. The van der Waals surface area contributed by atoms with E-state index in [2.05, 4.69) is 4.98 Å². The molecule has 0 aromatic carbocycles. The van der Waals surface area contributed by atoms with Gasteiger partial charge in [0.1, 0.15) is 5.76 Å². The van der Waals surface area contributed by atoms with Gasteiger partial charge in [-0.2, -0.15) is 0 Å². The fraction of sp³-hybridized carbons (Fsp3) is 0.429. The summed E-state index contributed by atoms with van der Waals surface area (Å²) in [6.07, 6.45) is 1.52. The molecule has 0 radical (unpaired) electrons. The van der Waals surface area contributed by atoms with Gasteiger partial charge < -0.3 is 10.2 Å². The van der Waals surface area contributed by atoms with E-state index in [0.29, 0.717) is 5.76 Å². The zero-order valence-electron chi connectivity index (χ0n) is 6.50. The number of carbonyl (C=O) groups excluding carboxylic acids is 1. The van der Waals surface area contributed by atoms with E-state index < -0.39 is 5.91 Å². The molecule has 4 heteroatoms. The van der Waals surface area contributed by atoms with E-state index in [-0.39, 0.29) is 11.8 Å². The van der Waals surface area contributed by atoms with E-state index in [9.17, 15) is 4.79 Å². The van der Waals surface area contributed by atoms with Crippen molar-refractivity contribution < 1.29 is 9.21 Å². The smallest absolute Gasteiger partial charge is 0.304 e. The minimum atomic E-state index is -0.628. The van der Waals surface area contributed by atoms with E-state index >= 15 is 0 Å². The molecule has 0 unspecified atom stereocenters. The zero-order valence-corrected chi connectivity index (χ0v) is 6.50. The first kappa shape index (κ1) is 7.78. The van der Waals surface area contributed by atoms with Gasteiger partial charge in [-0.15, -0.1) is 0 Å². The van der Waals surface area contributed by atoms with E-state index in [1.807, 2.05) is 13.8 Å². The SMILES string of the molecule is CC(C)c1cnc(C(N)=O)o1. The van der Waals surface area contributed by atoms with Crippen LogP contribution < -0.4 is 5.73 Å². The van der Waals surface area contributed by atoms with Crippen molar-refractivity contribution in [2.75, 3.05) is 0 Å². The van der Waals surface area contributed by atoms with E-state index in [1.54, 1.807) is 0 Å². The highest BCUT2D eigenvalue weighted by Crippen LogP contribution is 2.14. The fourth-order valence-electron chi connectivity index (χ4n) is 0.667. The average molecular weight is 154 g/mol. The molecule has 0 atom stereocenters. The molecule has 1 aromatic rings. The van der Waals surface area contributed by atoms with Crippen LogP contribution in [0.15, 0.2) is 10.6 Å². The molecule has 60 valence electrons. The lowest BCUT2D eigenvalue weighted by Gasteiger charge is -1.94. The van der Waals surface area contributed by atoms with Crippen LogP contribution in [0.3, 0.4) is 0 Å². The van der Waals surface area contributed by atoms with E-state index in [1.165, 1.54) is 6.20 Å². The number of primary amides is 1. The molecule has 0 fully saturated rings. The van der Waals surface area contributed by atoms with Crippen LogP contribution in [-0.2, 0) is 0 Å². The lowest BCUT2D eigenvalue weighted by Crippen LogP contribution is -2.10. The molecule has 2 N–H and O–H groups in total. The maximum atomic E-state index is 10.5. The summed E-state index contributed by atoms with van der Waals surface area (Å²) in [5, 5.41) is 0. The van der Waals surface area contributed by atoms with E-state index in [4.69, 9.17) is 10.2 Å². The van der Waals surface area contributed by atoms with Gasteiger partial charge >= 0.3 is 5.91 Å². The second kappa shape index (κ2) is 2.74. The van der Waals surface area contributed by atoms with Crippen LogP contribution in [0.2, 0.25) is 0 Å². The molecule has 0 saturated heterocycles. The van der Waals surface area contributed by atoms with Gasteiger partial charge in [-0.1, -0.05) is 13.8 Å². The number of hydrogen-bond acceptors (Lipinski definition) is 3. The van der Waals surface area contributed by atoms with Gasteiger partial charge in [0.15, 0.2) is 0 Å². The third-order valence-corrected chi connectivity index (χ3v) is 1.30. The topological polar surface area (TPSA) is 69.1 Å². The standard InChI is InChI=1S/C7H10N2O2/c1-4(2)5-3-9-7(11-5)6(8)10/h3-4H,1-2H3,(H2,8,10). The third-order valence-electron chi connectivity index (χ3n) is 1.30. The van der Waals surface area contributed by atoms with Crippen LogP contribution in [0.1, 0.15) is 36.2 Å². The largest absolute Gasteiger partial charge is 0.437 e. The summed E-state index contributed by atoms with van der Waals surface area (Å²) in [6.45, 7) is 3.90. The number of rotatable bonds is 2. The quantitative estimate of drug-likeness (QED) is 0.687. The van der Waals surface area contributed by atoms with Crippen molar-refractivity contribution in [2.24, 2.45) is 5.73 Å². The predicted molar refractivity (Wildman–Crippen MR) is 39.1 cm³/mol. The molecule has 0 spiro atoms. The normalized spacial score (nSPS) is 10.5. The number of hydrogen-bond donors (Lipinski definition) is 1. The van der Waals surface area contributed by atoms with Crippen molar-refractivity contribution in [2.45, 2.75) is 19.8 Å². The van der Waals surface area contributed by atoms with Gasteiger partial charge in [-0.25, -0.2) is 4.98 Å². The summed E-state index contributed by atoms with van der Waals surface area (Å²) in [5.41, 5.74) is 4.93. The molecule has 0 saturated carbocycles. The van der Waals surface area contributed by atoms with Gasteiger partial charge in [0.05, 0.1) is 6.20 Å². The number of oxazole rings is 1. The lowest BCUT2D eigenvalue weighted by atomic mass is 10.2. The van der Waals surface area contributed by atoms with Crippen molar-refractivity contribution in [1.82, 2.24) is 4.98 Å². The number of nitrogens with two attached hydrogens (primary N) is 1. The first-order chi connectivity index (χ1) is 5.11. The number of aromatic nitrogens is 1. The zero-order chi connectivity index (χ0) is 8.43. The molecule has 0 bridgehead atoms. The van der Waals surface area contributed by atoms with Crippen LogP contribution in [0.4, 0.5) is 0 Å². The second-order valence-corrected chi connectivity index (χ2v) is 2.59. The summed E-state index contributed by atoms with van der Waals surface area (Å²) in [5.74, 6) is 0.264. The molecule has 1 heterocycles. The molecular weight excluding hydrogens is 144 g/mol. The van der Waals surface area contributed by atoms with Crippen molar-refractivity contribution in [3.63, 3.8) is 0 Å². The molecule has 1 amide bonds. The summed E-state index contributed by atoms with van der Waals surface area (Å²) < 4.78 is 5.02. The Morgan fingerprint density at radius 1 is 1.73 bits per heavy atom. The minimum absolute atomic E-state index is 0.0197. The highest BCUT2D eigenvalue weighted by Gasteiger charge is 2.10. The Morgan fingerprint density at radius 2 is 2.36 bits per heavy atom. The van der Waals surface area contributed by atoms with Crippen LogP contribution in [0, 0.1) is 0 Å². The van der Waals surface area contributed by atoms with Gasteiger partial charge in [-0.3, -0.25) is 4.79 Å². The highest BCUT2D eigenvalue weighted by atomic mass is 16.4. The molecular formula is C7H10N2O2. The molecule has 0 aliphatic heterocycles. The fourth-order valence-corrected chi connectivity index (χ4v) is 0.667. The average Bonchev–Trinajstić information content (AvgIpc) is 2.33. The van der Waals surface area contributed by atoms with Crippen molar-refractivity contribution >= 4 is 5.91 Å². The third kappa shape index (κ3) is 1.58. The number of amides is 1. The molecule has 1 rings (SSSR count). The number of nitrogens with zero attached hydrogens (tertiary/aromatic N) is 1. The molecule has 11 heavy (non-hydrogen) atoms. The second-order valence-electron chi connectivity index (χ2n) is 2.59. The summed E-state index contributed by atoms with van der Waals surface area (Å²) in [7, 11) is 0. The first-order valence-corrected chi connectivity index (χ1v) is 3.36. The van der Waals surface area contributed by atoms with Crippen LogP contribution >= 0.6 is 0 Å². The maximum Gasteiger partial charge on any atom is 0.304 e.